The third kappa shape index (κ3) is 7.79. The second-order valence-electron chi connectivity index (χ2n) is 17.1. The summed E-state index contributed by atoms with van der Waals surface area (Å²) in [4.78, 5) is 10.8. The summed E-state index contributed by atoms with van der Waals surface area (Å²) >= 11 is 0. The van der Waals surface area contributed by atoms with Gasteiger partial charge in [-0.1, -0.05) is 91.8 Å². The molecule has 0 saturated heterocycles. The molecule has 0 heterocycles. The van der Waals surface area contributed by atoms with Gasteiger partial charge in [-0.05, 0) is 109 Å². The van der Waals surface area contributed by atoms with E-state index >= 15 is 0 Å². The molecule has 0 N–H and O–H groups in total. The quantitative estimate of drug-likeness (QED) is 0.148. The van der Waals surface area contributed by atoms with Crippen LogP contribution in [0, 0.1) is 23.2 Å². The van der Waals surface area contributed by atoms with E-state index in [1.807, 2.05) is 0 Å². The Morgan fingerprint density at radius 1 is 1.00 bits per heavy atom. The van der Waals surface area contributed by atoms with Crippen molar-refractivity contribution >= 4 is 22.9 Å². The van der Waals surface area contributed by atoms with E-state index in [9.17, 15) is 4.79 Å². The van der Waals surface area contributed by atoms with Crippen LogP contribution in [0.15, 0.2) is 47.6 Å². The monoisotopic (exact) mass is 612 g/mol. The van der Waals surface area contributed by atoms with Crippen LogP contribution >= 0.6 is 0 Å². The Morgan fingerprint density at radius 2 is 1.62 bits per heavy atom. The van der Waals surface area contributed by atoms with Crippen molar-refractivity contribution in [1.29, 1.82) is 0 Å². The lowest BCUT2D eigenvalue weighted by molar-refractivity contribution is -0.107. The maximum atomic E-state index is 10.8. The predicted octanol–water partition coefficient (Wildman–Crippen LogP) is 11.0. The normalized spacial score (nSPS) is 32.5. The number of carbonyl (C=O) groups is 1. The fraction of sp³-hybridized carbons (Fsp3) is 0.757. The maximum Gasteiger partial charge on any atom is 0.192 e. The highest BCUT2D eigenvalue weighted by atomic mass is 28.4. The molecule has 0 aromatic heterocycles. The van der Waals surface area contributed by atoms with Gasteiger partial charge in [-0.2, -0.15) is 0 Å². The van der Waals surface area contributed by atoms with Crippen molar-refractivity contribution in [1.82, 2.24) is 0 Å². The van der Waals surface area contributed by atoms with E-state index in [-0.39, 0.29) is 22.3 Å². The number of aldehydes is 1. The van der Waals surface area contributed by atoms with Crippen molar-refractivity contribution in [2.45, 2.75) is 155 Å². The van der Waals surface area contributed by atoms with Gasteiger partial charge in [0.2, 0.25) is 0 Å². The summed E-state index contributed by atoms with van der Waals surface area (Å²) in [6.07, 6.45) is 19.1. The average Bonchev–Trinajstić information content (AvgIpc) is 3.21. The Hall–Kier alpha value is -1.02. The van der Waals surface area contributed by atoms with Crippen LogP contribution in [0.4, 0.5) is 0 Å². The molecule has 3 aliphatic rings. The zero-order chi connectivity index (χ0) is 31.7. The standard InChI is InChI=1S/C37H64O3Si2/c1-27(17-14-15-24-38)32-21-22-33-29(18-16-23-37(32,33)9)19-20-30-25-31(39-41(10,11)35(3,4)5)26-34(28(30)2)40-42(12,13)36(6,7)8/h14,17,19-20,24,27,31-34H,2,15-16,18,21-23,25-26H2,1,3-13H3/t27-,31-,32-,33+,34+,37-/m1/s1. The van der Waals surface area contributed by atoms with Gasteiger partial charge in [0, 0.05) is 12.8 Å². The summed E-state index contributed by atoms with van der Waals surface area (Å²) in [5, 5.41) is 0.325. The topological polar surface area (TPSA) is 35.5 Å². The molecule has 0 aliphatic heterocycles. The minimum atomic E-state index is -1.97. The summed E-state index contributed by atoms with van der Waals surface area (Å²) in [6, 6.07) is 0. The first-order chi connectivity index (χ1) is 19.2. The van der Waals surface area contributed by atoms with Crippen LogP contribution in [-0.2, 0) is 13.6 Å². The lowest BCUT2D eigenvalue weighted by atomic mass is 9.61. The Labute approximate surface area is 261 Å². The van der Waals surface area contributed by atoms with Gasteiger partial charge in [-0.15, -0.1) is 0 Å². The minimum Gasteiger partial charge on any atom is -0.413 e. The molecule has 0 spiro atoms. The van der Waals surface area contributed by atoms with Crippen molar-refractivity contribution in [3.05, 3.63) is 47.6 Å². The molecule has 42 heavy (non-hydrogen) atoms. The lowest BCUT2D eigenvalue weighted by Gasteiger charge is -2.45. The van der Waals surface area contributed by atoms with Crippen molar-refractivity contribution in [2.75, 3.05) is 0 Å². The fourth-order valence-electron chi connectivity index (χ4n) is 7.39. The molecule has 3 fully saturated rings. The Morgan fingerprint density at radius 3 is 2.21 bits per heavy atom. The molecule has 3 saturated carbocycles. The number of hydrogen-bond donors (Lipinski definition) is 0. The summed E-state index contributed by atoms with van der Waals surface area (Å²) in [6.45, 7) is 33.0. The van der Waals surface area contributed by atoms with E-state index in [4.69, 9.17) is 8.85 Å². The van der Waals surface area contributed by atoms with Crippen LogP contribution in [0.3, 0.4) is 0 Å². The highest BCUT2D eigenvalue weighted by Gasteiger charge is 2.50. The number of hydrogen-bond acceptors (Lipinski definition) is 3. The van der Waals surface area contributed by atoms with E-state index in [1.165, 1.54) is 43.3 Å². The molecule has 0 unspecified atom stereocenters. The van der Waals surface area contributed by atoms with E-state index in [2.05, 4.69) is 112 Å². The number of rotatable bonds is 9. The molecule has 3 aliphatic carbocycles. The van der Waals surface area contributed by atoms with Crippen molar-refractivity contribution < 1.29 is 13.6 Å². The van der Waals surface area contributed by atoms with Crippen LogP contribution < -0.4 is 0 Å². The number of carbonyl (C=O) groups excluding carboxylic acids is 1. The van der Waals surface area contributed by atoms with E-state index in [0.717, 1.165) is 19.1 Å². The van der Waals surface area contributed by atoms with Gasteiger partial charge in [0.25, 0.3) is 0 Å². The molecule has 0 aromatic carbocycles. The van der Waals surface area contributed by atoms with Crippen molar-refractivity contribution in [3.8, 4) is 0 Å². The van der Waals surface area contributed by atoms with Gasteiger partial charge in [0.1, 0.15) is 6.29 Å². The first-order valence-electron chi connectivity index (χ1n) is 16.8. The van der Waals surface area contributed by atoms with Gasteiger partial charge >= 0.3 is 0 Å². The zero-order valence-corrected chi connectivity index (χ0v) is 31.4. The van der Waals surface area contributed by atoms with Crippen LogP contribution in [0.25, 0.3) is 0 Å². The second-order valence-corrected chi connectivity index (χ2v) is 26.6. The Balaban J connectivity index is 1.91. The minimum absolute atomic E-state index is 0.0190. The molecule has 3 rings (SSSR count). The SMILES string of the molecule is C=C1C(=CC=C2CCC[C@]3(C)[C@@H]([C@H](C)C=CCC=O)CC[C@@H]23)C[C@@H](O[Si](C)(C)C(C)(C)C)C[C@@H]1O[Si](C)(C)C(C)(C)C. The molecule has 5 heteroatoms. The van der Waals surface area contributed by atoms with Gasteiger partial charge in [-0.25, -0.2) is 0 Å². The molecule has 0 radical (unpaired) electrons. The molecule has 238 valence electrons. The Kier molecular flexibility index (Phi) is 11.1. The zero-order valence-electron chi connectivity index (χ0n) is 29.4. The van der Waals surface area contributed by atoms with E-state index in [0.29, 0.717) is 29.6 Å². The number of fused-ring (bicyclic) bond motifs is 1. The highest BCUT2D eigenvalue weighted by Crippen LogP contribution is 2.59. The van der Waals surface area contributed by atoms with Crippen LogP contribution in [0.2, 0.25) is 36.3 Å². The summed E-state index contributed by atoms with van der Waals surface area (Å²) in [5.74, 6) is 1.83. The summed E-state index contributed by atoms with van der Waals surface area (Å²) in [7, 11) is -3.90. The molecule has 3 nitrogen and oxygen atoms in total. The number of allylic oxidation sites excluding steroid dienone is 5. The summed E-state index contributed by atoms with van der Waals surface area (Å²) < 4.78 is 14.1. The van der Waals surface area contributed by atoms with Crippen LogP contribution in [-0.4, -0.2) is 35.1 Å². The maximum absolute atomic E-state index is 10.8. The molecule has 0 aromatic rings. The van der Waals surface area contributed by atoms with Crippen molar-refractivity contribution in [2.24, 2.45) is 23.2 Å². The molecule has 6 atom stereocenters. The third-order valence-electron chi connectivity index (χ3n) is 12.1. The molecule has 0 bridgehead atoms. The highest BCUT2D eigenvalue weighted by molar-refractivity contribution is 6.74. The first kappa shape index (κ1) is 35.5. The molecule has 0 amide bonds. The largest absolute Gasteiger partial charge is 0.413 e. The first-order valence-corrected chi connectivity index (χ1v) is 22.6. The molecular formula is C37H64O3Si2. The van der Waals surface area contributed by atoms with Gasteiger partial charge in [0.05, 0.1) is 12.2 Å². The average molecular weight is 613 g/mol. The van der Waals surface area contributed by atoms with Gasteiger partial charge < -0.3 is 13.6 Å². The van der Waals surface area contributed by atoms with Crippen molar-refractivity contribution in [3.63, 3.8) is 0 Å². The van der Waals surface area contributed by atoms with E-state index in [1.54, 1.807) is 5.57 Å². The lowest BCUT2D eigenvalue weighted by Crippen LogP contribution is -2.49. The third-order valence-corrected chi connectivity index (χ3v) is 21.1. The Bertz CT molecular complexity index is 1070. The van der Waals surface area contributed by atoms with E-state index < -0.39 is 16.6 Å². The smallest absolute Gasteiger partial charge is 0.192 e. The molecular weight excluding hydrogens is 549 g/mol. The van der Waals surface area contributed by atoms with Crippen LogP contribution in [0.1, 0.15) is 107 Å². The fourth-order valence-corrected chi connectivity index (χ4v) is 10.1. The van der Waals surface area contributed by atoms with Gasteiger partial charge in [0.15, 0.2) is 16.6 Å². The van der Waals surface area contributed by atoms with Gasteiger partial charge in [-0.3, -0.25) is 0 Å². The summed E-state index contributed by atoms with van der Waals surface area (Å²) in [5.41, 5.74) is 4.46. The predicted molar refractivity (Wildman–Crippen MR) is 186 cm³/mol. The second kappa shape index (κ2) is 13.1. The van der Waals surface area contributed by atoms with Crippen LogP contribution in [0.5, 0.6) is 0 Å².